The minimum atomic E-state index is 0.408. The average Bonchev–Trinajstić information content (AvgIpc) is 2.95. The molecule has 1 aliphatic rings. The summed E-state index contributed by atoms with van der Waals surface area (Å²) >= 11 is 0. The van der Waals surface area contributed by atoms with Gasteiger partial charge in [-0.05, 0) is 39.0 Å². The second-order valence-electron chi connectivity index (χ2n) is 4.78. The molecule has 0 bridgehead atoms. The van der Waals surface area contributed by atoms with Crippen LogP contribution in [0.5, 0.6) is 0 Å². The van der Waals surface area contributed by atoms with Crippen molar-refractivity contribution < 1.29 is 9.47 Å². The second kappa shape index (κ2) is 7.02. The number of ether oxygens (including phenoxy) is 2. The summed E-state index contributed by atoms with van der Waals surface area (Å²) in [4.78, 5) is 0. The summed E-state index contributed by atoms with van der Waals surface area (Å²) in [6.45, 7) is 9.19. The van der Waals surface area contributed by atoms with E-state index < -0.39 is 0 Å². The van der Waals surface area contributed by atoms with Crippen molar-refractivity contribution in [1.29, 1.82) is 0 Å². The van der Waals surface area contributed by atoms with Gasteiger partial charge in [0.2, 0.25) is 0 Å². The monoisotopic (exact) mass is 212 g/mol. The number of rotatable bonds is 8. The molecule has 1 rings (SSSR count). The van der Waals surface area contributed by atoms with E-state index in [2.05, 4.69) is 26.8 Å². The third kappa shape index (κ3) is 7.57. The van der Waals surface area contributed by atoms with E-state index >= 15 is 0 Å². The summed E-state index contributed by atoms with van der Waals surface area (Å²) in [7, 11) is 0. The fraction of sp³-hybridized carbons (Fsp3) is 0.846. The van der Waals surface area contributed by atoms with Crippen LogP contribution in [0.25, 0.3) is 0 Å². The van der Waals surface area contributed by atoms with Gasteiger partial charge in [0.1, 0.15) is 6.10 Å². The first-order chi connectivity index (χ1) is 7.18. The fourth-order valence-electron chi connectivity index (χ4n) is 1.46. The Kier molecular flexibility index (Phi) is 5.96. The zero-order valence-electron chi connectivity index (χ0n) is 10.3. The second-order valence-corrected chi connectivity index (χ2v) is 4.78. The third-order valence-corrected chi connectivity index (χ3v) is 2.67. The zero-order chi connectivity index (χ0) is 11.1. The van der Waals surface area contributed by atoms with Crippen molar-refractivity contribution in [3.63, 3.8) is 0 Å². The lowest BCUT2D eigenvalue weighted by atomic mass is 10.0. The zero-order valence-corrected chi connectivity index (χ0v) is 10.3. The van der Waals surface area contributed by atoms with Crippen LogP contribution in [0.3, 0.4) is 0 Å². The van der Waals surface area contributed by atoms with Crippen LogP contribution in [-0.4, -0.2) is 25.9 Å². The molecular formula is C13H24O2. The Morgan fingerprint density at radius 3 is 2.80 bits per heavy atom. The lowest BCUT2D eigenvalue weighted by molar-refractivity contribution is 0.105. The number of epoxide rings is 1. The van der Waals surface area contributed by atoms with Gasteiger partial charge >= 0.3 is 0 Å². The van der Waals surface area contributed by atoms with E-state index in [1.54, 1.807) is 0 Å². The highest BCUT2D eigenvalue weighted by molar-refractivity contribution is 4.92. The van der Waals surface area contributed by atoms with Crippen LogP contribution >= 0.6 is 0 Å². The van der Waals surface area contributed by atoms with Gasteiger partial charge in [0.05, 0.1) is 13.2 Å². The van der Waals surface area contributed by atoms with Gasteiger partial charge in [0, 0.05) is 6.61 Å². The Bertz CT molecular complexity index is 191. The van der Waals surface area contributed by atoms with E-state index in [1.807, 2.05) is 0 Å². The smallest absolute Gasteiger partial charge is 0.104 e. The molecule has 2 unspecified atom stereocenters. The van der Waals surface area contributed by atoms with Gasteiger partial charge in [0.25, 0.3) is 0 Å². The molecule has 1 fully saturated rings. The summed E-state index contributed by atoms with van der Waals surface area (Å²) in [6, 6.07) is 0. The van der Waals surface area contributed by atoms with Crippen molar-refractivity contribution in [3.8, 4) is 0 Å². The van der Waals surface area contributed by atoms with Crippen LogP contribution in [0.1, 0.15) is 40.0 Å². The fourth-order valence-corrected chi connectivity index (χ4v) is 1.46. The van der Waals surface area contributed by atoms with Gasteiger partial charge in [-0.25, -0.2) is 0 Å². The van der Waals surface area contributed by atoms with Crippen LogP contribution in [0.4, 0.5) is 0 Å². The Balaban J connectivity index is 1.88. The maximum Gasteiger partial charge on any atom is 0.104 e. The predicted molar refractivity (Wildman–Crippen MR) is 63.0 cm³/mol. The molecule has 2 nitrogen and oxygen atoms in total. The first-order valence-corrected chi connectivity index (χ1v) is 6.01. The van der Waals surface area contributed by atoms with Crippen LogP contribution in [0, 0.1) is 5.92 Å². The van der Waals surface area contributed by atoms with Crippen molar-refractivity contribution in [1.82, 2.24) is 0 Å². The van der Waals surface area contributed by atoms with Gasteiger partial charge in [-0.3, -0.25) is 0 Å². The Morgan fingerprint density at radius 2 is 2.20 bits per heavy atom. The highest BCUT2D eigenvalue weighted by atomic mass is 16.6. The maximum atomic E-state index is 5.52. The summed E-state index contributed by atoms with van der Waals surface area (Å²) in [5, 5.41) is 0. The molecule has 0 aromatic rings. The molecule has 15 heavy (non-hydrogen) atoms. The molecular weight excluding hydrogens is 188 g/mol. The SMILES string of the molecule is CC(C)=CCCC(C)CCOCC1CO1. The first kappa shape index (κ1) is 12.7. The molecule has 0 N–H and O–H groups in total. The molecule has 0 saturated carbocycles. The van der Waals surface area contributed by atoms with Crippen molar-refractivity contribution in [3.05, 3.63) is 11.6 Å². The minimum Gasteiger partial charge on any atom is -0.379 e. The average molecular weight is 212 g/mol. The predicted octanol–water partition coefficient (Wildman–Crippen LogP) is 3.17. The quantitative estimate of drug-likeness (QED) is 0.350. The van der Waals surface area contributed by atoms with E-state index in [0.717, 1.165) is 25.7 Å². The third-order valence-electron chi connectivity index (χ3n) is 2.67. The summed E-state index contributed by atoms with van der Waals surface area (Å²) in [5.41, 5.74) is 1.42. The molecule has 88 valence electrons. The van der Waals surface area contributed by atoms with Gasteiger partial charge in [-0.2, -0.15) is 0 Å². The molecule has 0 spiro atoms. The first-order valence-electron chi connectivity index (χ1n) is 6.01. The summed E-state index contributed by atoms with van der Waals surface area (Å²) in [6.07, 6.45) is 6.37. The molecule has 2 atom stereocenters. The summed E-state index contributed by atoms with van der Waals surface area (Å²) in [5.74, 6) is 0.765. The summed E-state index contributed by atoms with van der Waals surface area (Å²) < 4.78 is 10.6. The van der Waals surface area contributed by atoms with Gasteiger partial charge < -0.3 is 9.47 Å². The normalized spacial score (nSPS) is 21.1. The van der Waals surface area contributed by atoms with Crippen LogP contribution in [0.2, 0.25) is 0 Å². The molecule has 0 amide bonds. The lowest BCUT2D eigenvalue weighted by Crippen LogP contribution is -2.06. The van der Waals surface area contributed by atoms with Crippen molar-refractivity contribution >= 4 is 0 Å². The Hall–Kier alpha value is -0.340. The van der Waals surface area contributed by atoms with Crippen molar-refractivity contribution in [2.45, 2.75) is 46.1 Å². The molecule has 0 aliphatic carbocycles. The molecule has 0 radical (unpaired) electrons. The lowest BCUT2D eigenvalue weighted by Gasteiger charge is -2.09. The number of hydrogen-bond acceptors (Lipinski definition) is 2. The maximum absolute atomic E-state index is 5.52. The standard InChI is InChI=1S/C13H24O2/c1-11(2)5-4-6-12(3)7-8-14-9-13-10-15-13/h5,12-13H,4,6-10H2,1-3H3. The molecule has 0 aromatic carbocycles. The minimum absolute atomic E-state index is 0.408. The van der Waals surface area contributed by atoms with E-state index in [1.165, 1.54) is 24.8 Å². The Labute approximate surface area is 93.7 Å². The van der Waals surface area contributed by atoms with Gasteiger partial charge in [0.15, 0.2) is 0 Å². The van der Waals surface area contributed by atoms with Crippen LogP contribution in [0.15, 0.2) is 11.6 Å². The van der Waals surface area contributed by atoms with Crippen LogP contribution in [-0.2, 0) is 9.47 Å². The topological polar surface area (TPSA) is 21.8 Å². The van der Waals surface area contributed by atoms with E-state index in [0.29, 0.717) is 6.10 Å². The number of allylic oxidation sites excluding steroid dienone is 2. The van der Waals surface area contributed by atoms with E-state index in [-0.39, 0.29) is 0 Å². The van der Waals surface area contributed by atoms with Gasteiger partial charge in [-0.1, -0.05) is 18.6 Å². The molecule has 0 aromatic heterocycles. The molecule has 2 heteroatoms. The van der Waals surface area contributed by atoms with E-state index in [9.17, 15) is 0 Å². The molecule has 1 heterocycles. The largest absolute Gasteiger partial charge is 0.379 e. The Morgan fingerprint density at radius 1 is 1.47 bits per heavy atom. The highest BCUT2D eigenvalue weighted by Gasteiger charge is 2.22. The van der Waals surface area contributed by atoms with E-state index in [4.69, 9.17) is 9.47 Å². The van der Waals surface area contributed by atoms with Gasteiger partial charge in [-0.15, -0.1) is 0 Å². The van der Waals surface area contributed by atoms with Crippen molar-refractivity contribution in [2.75, 3.05) is 19.8 Å². The van der Waals surface area contributed by atoms with Crippen LogP contribution < -0.4 is 0 Å². The molecule has 1 aliphatic heterocycles. The number of hydrogen-bond donors (Lipinski definition) is 0. The van der Waals surface area contributed by atoms with Crippen molar-refractivity contribution in [2.24, 2.45) is 5.92 Å². The highest BCUT2D eigenvalue weighted by Crippen LogP contribution is 2.13. The molecule has 1 saturated heterocycles.